The van der Waals surface area contributed by atoms with Gasteiger partial charge in [-0.15, -0.1) is 0 Å². The zero-order chi connectivity index (χ0) is 22.5. The molecule has 1 aromatic rings. The topological polar surface area (TPSA) is 98.4 Å². The van der Waals surface area contributed by atoms with E-state index < -0.39 is 12.0 Å². The predicted octanol–water partition coefficient (Wildman–Crippen LogP) is 2.09. The number of methoxy groups -OCH3 is 1. The molecule has 0 saturated carbocycles. The number of carbonyl (C=O) groups is 2. The van der Waals surface area contributed by atoms with E-state index in [1.165, 1.54) is 0 Å². The summed E-state index contributed by atoms with van der Waals surface area (Å²) >= 11 is 0. The van der Waals surface area contributed by atoms with E-state index in [9.17, 15) is 9.59 Å². The number of amides is 2. The Morgan fingerprint density at radius 2 is 1.94 bits per heavy atom. The van der Waals surface area contributed by atoms with E-state index in [2.05, 4.69) is 15.5 Å². The van der Waals surface area contributed by atoms with Crippen molar-refractivity contribution in [2.45, 2.75) is 44.6 Å². The molecule has 1 aromatic carbocycles. The number of rotatable bonds is 7. The highest BCUT2D eigenvalue weighted by atomic mass is 16.7. The first-order valence-corrected chi connectivity index (χ1v) is 11.2. The Morgan fingerprint density at radius 3 is 2.62 bits per heavy atom. The van der Waals surface area contributed by atoms with Crippen molar-refractivity contribution in [3.05, 3.63) is 41.1 Å². The van der Waals surface area contributed by atoms with Crippen molar-refractivity contribution in [1.82, 2.24) is 15.5 Å². The molecule has 0 spiro atoms. The molecule has 2 saturated heterocycles. The van der Waals surface area contributed by atoms with Gasteiger partial charge in [0.2, 0.25) is 0 Å². The lowest BCUT2D eigenvalue weighted by Gasteiger charge is -2.39. The van der Waals surface area contributed by atoms with Gasteiger partial charge >= 0.3 is 12.0 Å². The Bertz CT molecular complexity index is 850. The van der Waals surface area contributed by atoms with E-state index in [1.54, 1.807) is 26.2 Å². The van der Waals surface area contributed by atoms with E-state index in [0.29, 0.717) is 36.8 Å². The van der Waals surface area contributed by atoms with Gasteiger partial charge in [-0.1, -0.05) is 18.6 Å². The third-order valence-corrected chi connectivity index (χ3v) is 6.09. The number of hydrogen-bond acceptors (Lipinski definition) is 7. The summed E-state index contributed by atoms with van der Waals surface area (Å²) in [5, 5.41) is 5.74. The van der Waals surface area contributed by atoms with Crippen LogP contribution in [0.3, 0.4) is 0 Å². The molecule has 9 nitrogen and oxygen atoms in total. The molecule has 3 heterocycles. The fourth-order valence-corrected chi connectivity index (χ4v) is 4.56. The highest BCUT2D eigenvalue weighted by Gasteiger charge is 2.38. The largest absolute Gasteiger partial charge is 0.497 e. The Balaban J connectivity index is 1.67. The summed E-state index contributed by atoms with van der Waals surface area (Å²) in [6.45, 7) is 4.43. The minimum absolute atomic E-state index is 0.0772. The van der Waals surface area contributed by atoms with Crippen LogP contribution in [0.25, 0.3) is 0 Å². The maximum Gasteiger partial charge on any atom is 0.338 e. The maximum atomic E-state index is 13.0. The minimum atomic E-state index is -0.620. The first kappa shape index (κ1) is 22.6. The molecule has 0 radical (unpaired) electrons. The van der Waals surface area contributed by atoms with Crippen LogP contribution >= 0.6 is 0 Å². The lowest BCUT2D eigenvalue weighted by atomic mass is 9.94. The van der Waals surface area contributed by atoms with Crippen molar-refractivity contribution in [3.63, 3.8) is 0 Å². The Hall–Kier alpha value is -2.62. The summed E-state index contributed by atoms with van der Waals surface area (Å²) in [5.74, 6) is 0.251. The summed E-state index contributed by atoms with van der Waals surface area (Å²) in [6.07, 6.45) is 2.80. The zero-order valence-electron chi connectivity index (χ0n) is 18.6. The molecule has 3 aliphatic heterocycles. The van der Waals surface area contributed by atoms with Crippen LogP contribution in [0, 0.1) is 0 Å². The number of nitrogens with one attached hydrogen (secondary N) is 2. The van der Waals surface area contributed by atoms with E-state index in [-0.39, 0.29) is 25.0 Å². The van der Waals surface area contributed by atoms with Crippen molar-refractivity contribution in [3.8, 4) is 5.75 Å². The lowest BCUT2D eigenvalue weighted by Crippen LogP contribution is -2.52. The summed E-state index contributed by atoms with van der Waals surface area (Å²) < 4.78 is 22.2. The Morgan fingerprint density at radius 1 is 1.19 bits per heavy atom. The van der Waals surface area contributed by atoms with Gasteiger partial charge < -0.3 is 29.6 Å². The van der Waals surface area contributed by atoms with E-state index >= 15 is 0 Å². The van der Waals surface area contributed by atoms with Crippen molar-refractivity contribution in [2.75, 3.05) is 40.0 Å². The van der Waals surface area contributed by atoms with Gasteiger partial charge in [0.05, 0.1) is 44.6 Å². The highest BCUT2D eigenvalue weighted by Crippen LogP contribution is 2.31. The first-order valence-electron chi connectivity index (χ1n) is 11.2. The van der Waals surface area contributed by atoms with Crippen LogP contribution in [-0.4, -0.2) is 69.3 Å². The van der Waals surface area contributed by atoms with Crippen LogP contribution in [-0.2, 0) is 19.0 Å². The maximum absolute atomic E-state index is 13.0. The molecule has 174 valence electrons. The number of ether oxygens (including phenoxy) is 4. The van der Waals surface area contributed by atoms with Crippen molar-refractivity contribution < 1.29 is 28.5 Å². The van der Waals surface area contributed by atoms with Gasteiger partial charge in [-0.25, -0.2) is 9.59 Å². The fraction of sp³-hybridized carbons (Fsp3) is 0.565. The number of nitrogens with zero attached hydrogens (tertiary/aromatic N) is 1. The van der Waals surface area contributed by atoms with E-state index in [0.717, 1.165) is 31.4 Å². The van der Waals surface area contributed by atoms with Crippen molar-refractivity contribution in [1.29, 1.82) is 0 Å². The second kappa shape index (κ2) is 10.3. The number of urea groups is 1. The Kier molecular flexibility index (Phi) is 7.29. The predicted molar refractivity (Wildman–Crippen MR) is 116 cm³/mol. The van der Waals surface area contributed by atoms with Gasteiger partial charge in [-0.3, -0.25) is 4.90 Å². The number of carbonyl (C=O) groups excluding carboxylic acids is 2. The van der Waals surface area contributed by atoms with Gasteiger partial charge in [-0.05, 0) is 44.0 Å². The van der Waals surface area contributed by atoms with E-state index in [1.807, 2.05) is 12.1 Å². The van der Waals surface area contributed by atoms with Gasteiger partial charge in [0.15, 0.2) is 6.29 Å². The Labute approximate surface area is 188 Å². The zero-order valence-corrected chi connectivity index (χ0v) is 18.6. The molecule has 2 N–H and O–H groups in total. The molecule has 0 aliphatic carbocycles. The molecule has 0 aromatic heterocycles. The first-order chi connectivity index (χ1) is 15.6. The van der Waals surface area contributed by atoms with Gasteiger partial charge in [0, 0.05) is 12.2 Å². The molecule has 32 heavy (non-hydrogen) atoms. The number of esters is 1. The van der Waals surface area contributed by atoms with Gasteiger partial charge in [0.25, 0.3) is 0 Å². The van der Waals surface area contributed by atoms with Crippen molar-refractivity contribution in [2.24, 2.45) is 0 Å². The average Bonchev–Trinajstić information content (AvgIpc) is 3.34. The van der Waals surface area contributed by atoms with Gasteiger partial charge in [0.1, 0.15) is 5.75 Å². The third-order valence-electron chi connectivity index (χ3n) is 6.09. The summed E-state index contributed by atoms with van der Waals surface area (Å²) in [7, 11) is 1.59. The van der Waals surface area contributed by atoms with Crippen LogP contribution in [0.2, 0.25) is 0 Å². The smallest absolute Gasteiger partial charge is 0.338 e. The van der Waals surface area contributed by atoms with Crippen LogP contribution < -0.4 is 15.4 Å². The lowest BCUT2D eigenvalue weighted by molar-refractivity contribution is -0.139. The van der Waals surface area contributed by atoms with Crippen LogP contribution in [0.5, 0.6) is 5.75 Å². The van der Waals surface area contributed by atoms with Crippen LogP contribution in [0.15, 0.2) is 35.5 Å². The van der Waals surface area contributed by atoms with E-state index in [4.69, 9.17) is 18.9 Å². The van der Waals surface area contributed by atoms with Crippen molar-refractivity contribution >= 4 is 12.0 Å². The average molecular weight is 446 g/mol. The molecular weight excluding hydrogens is 414 g/mol. The standard InChI is InChI=1S/C23H31N3O6/c1-3-30-21(27)19-17(14-26-11-5-4-6-18(26)22-31-12-13-32-22)24-23(28)25-20(19)15-7-9-16(29-2)10-8-15/h7-10,18,20,22H,3-6,11-14H2,1-2H3,(H2,24,25,28). The molecule has 9 heteroatoms. The monoisotopic (exact) mass is 445 g/mol. The number of piperidine rings is 1. The summed E-state index contributed by atoms with van der Waals surface area (Å²) in [4.78, 5) is 27.9. The second-order valence-corrected chi connectivity index (χ2v) is 8.06. The molecular formula is C23H31N3O6. The normalized spacial score (nSPS) is 24.8. The minimum Gasteiger partial charge on any atom is -0.497 e. The fourth-order valence-electron chi connectivity index (χ4n) is 4.56. The number of hydrogen-bond donors (Lipinski definition) is 2. The van der Waals surface area contributed by atoms with Crippen LogP contribution in [0.4, 0.5) is 4.79 Å². The third kappa shape index (κ3) is 4.90. The number of likely N-dealkylation sites (tertiary alicyclic amines) is 1. The molecule has 4 rings (SSSR count). The number of benzene rings is 1. The molecule has 3 aliphatic rings. The SMILES string of the molecule is CCOC(=O)C1=C(CN2CCCCC2C2OCCO2)NC(=O)NC1c1ccc(OC)cc1. The molecule has 2 amide bonds. The molecule has 2 atom stereocenters. The van der Waals surface area contributed by atoms with Crippen LogP contribution in [0.1, 0.15) is 37.8 Å². The molecule has 2 fully saturated rings. The highest BCUT2D eigenvalue weighted by molar-refractivity contribution is 5.95. The quantitative estimate of drug-likeness (QED) is 0.620. The summed E-state index contributed by atoms with van der Waals surface area (Å²) in [5.41, 5.74) is 1.74. The molecule has 2 unspecified atom stereocenters. The second-order valence-electron chi connectivity index (χ2n) is 8.06. The summed E-state index contributed by atoms with van der Waals surface area (Å²) in [6, 6.07) is 6.41. The molecule has 0 bridgehead atoms. The van der Waals surface area contributed by atoms with Gasteiger partial charge in [-0.2, -0.15) is 0 Å².